The molecular formula is C28H28FN9O. The SMILES string of the molecule is C/C=C/c1cc(Nc2cc(N3CCN(c4cccnc4)CC3)nc(Oc3ccc4[nH]c(C)cc4c3F)n2)n[nH]1. The van der Waals surface area contributed by atoms with Gasteiger partial charge in [-0.3, -0.25) is 10.1 Å². The number of nitrogens with one attached hydrogen (secondary N) is 3. The summed E-state index contributed by atoms with van der Waals surface area (Å²) in [7, 11) is 0. The molecule has 0 saturated carbocycles. The molecule has 5 heterocycles. The summed E-state index contributed by atoms with van der Waals surface area (Å²) in [6, 6.07) is 12.9. The summed E-state index contributed by atoms with van der Waals surface area (Å²) in [5.74, 6) is 1.35. The van der Waals surface area contributed by atoms with Crippen LogP contribution < -0.4 is 19.9 Å². The third-order valence-corrected chi connectivity index (χ3v) is 6.55. The number of aromatic amines is 2. The lowest BCUT2D eigenvalue weighted by atomic mass is 10.2. The van der Waals surface area contributed by atoms with Crippen LogP contribution >= 0.6 is 0 Å². The topological polar surface area (TPSA) is 111 Å². The van der Waals surface area contributed by atoms with Crippen molar-refractivity contribution >= 4 is 40.1 Å². The zero-order valence-corrected chi connectivity index (χ0v) is 21.6. The third-order valence-electron chi connectivity index (χ3n) is 6.55. The molecule has 1 aliphatic heterocycles. The number of ether oxygens (including phenoxy) is 1. The van der Waals surface area contributed by atoms with Crippen molar-refractivity contribution in [3.05, 3.63) is 78.1 Å². The average molecular weight is 526 g/mol. The summed E-state index contributed by atoms with van der Waals surface area (Å²) in [4.78, 5) is 21.0. The second-order valence-electron chi connectivity index (χ2n) is 9.31. The summed E-state index contributed by atoms with van der Waals surface area (Å²) in [5, 5.41) is 10.9. The van der Waals surface area contributed by atoms with E-state index < -0.39 is 5.82 Å². The van der Waals surface area contributed by atoms with Crippen LogP contribution in [0.25, 0.3) is 17.0 Å². The number of rotatable bonds is 7. The van der Waals surface area contributed by atoms with E-state index in [0.29, 0.717) is 28.4 Å². The number of allylic oxidation sites excluding steroid dienone is 1. The van der Waals surface area contributed by atoms with Crippen LogP contribution in [0.1, 0.15) is 18.3 Å². The van der Waals surface area contributed by atoms with Crippen LogP contribution in [-0.2, 0) is 0 Å². The van der Waals surface area contributed by atoms with E-state index >= 15 is 4.39 Å². The van der Waals surface area contributed by atoms with Crippen molar-refractivity contribution in [1.82, 2.24) is 30.1 Å². The zero-order valence-electron chi connectivity index (χ0n) is 21.6. The lowest BCUT2D eigenvalue weighted by Gasteiger charge is -2.36. The summed E-state index contributed by atoms with van der Waals surface area (Å²) in [6.45, 7) is 6.91. The molecule has 5 aromatic rings. The molecule has 1 fully saturated rings. The number of aromatic nitrogens is 6. The molecule has 10 nitrogen and oxygen atoms in total. The summed E-state index contributed by atoms with van der Waals surface area (Å²) in [5.41, 5.74) is 3.52. The summed E-state index contributed by atoms with van der Waals surface area (Å²) in [6.07, 6.45) is 7.49. The number of hydrogen-bond donors (Lipinski definition) is 3. The maximum absolute atomic E-state index is 15.3. The van der Waals surface area contributed by atoms with Gasteiger partial charge < -0.3 is 24.8 Å². The van der Waals surface area contributed by atoms with Gasteiger partial charge in [0.1, 0.15) is 11.6 Å². The van der Waals surface area contributed by atoms with Gasteiger partial charge in [0.2, 0.25) is 0 Å². The molecular weight excluding hydrogens is 497 g/mol. The molecule has 0 atom stereocenters. The first kappa shape index (κ1) is 24.4. The molecule has 0 amide bonds. The molecule has 3 N–H and O–H groups in total. The number of piperazine rings is 1. The maximum atomic E-state index is 15.3. The highest BCUT2D eigenvalue weighted by molar-refractivity contribution is 5.82. The molecule has 4 aromatic heterocycles. The Morgan fingerprint density at radius 1 is 1.03 bits per heavy atom. The fourth-order valence-electron chi connectivity index (χ4n) is 4.68. The molecule has 198 valence electrons. The first-order valence-corrected chi connectivity index (χ1v) is 12.8. The van der Waals surface area contributed by atoms with Crippen molar-refractivity contribution in [2.24, 2.45) is 0 Å². The molecule has 0 radical (unpaired) electrons. The van der Waals surface area contributed by atoms with E-state index in [4.69, 9.17) is 4.74 Å². The lowest BCUT2D eigenvalue weighted by molar-refractivity contribution is 0.414. The van der Waals surface area contributed by atoms with Crippen LogP contribution in [0.15, 0.2) is 60.9 Å². The summed E-state index contributed by atoms with van der Waals surface area (Å²) >= 11 is 0. The van der Waals surface area contributed by atoms with E-state index in [0.717, 1.165) is 43.3 Å². The predicted molar refractivity (Wildman–Crippen MR) is 150 cm³/mol. The van der Waals surface area contributed by atoms with Gasteiger partial charge in [0.05, 0.1) is 17.6 Å². The highest BCUT2D eigenvalue weighted by Gasteiger charge is 2.21. The molecule has 1 saturated heterocycles. The Morgan fingerprint density at radius 2 is 1.87 bits per heavy atom. The Morgan fingerprint density at radius 3 is 2.67 bits per heavy atom. The van der Waals surface area contributed by atoms with E-state index in [2.05, 4.69) is 51.3 Å². The molecule has 1 aromatic carbocycles. The van der Waals surface area contributed by atoms with Crippen molar-refractivity contribution < 1.29 is 9.13 Å². The molecule has 39 heavy (non-hydrogen) atoms. The first-order chi connectivity index (χ1) is 19.1. The number of nitrogens with zero attached hydrogens (tertiary/aromatic N) is 6. The Kier molecular flexibility index (Phi) is 6.54. The van der Waals surface area contributed by atoms with Gasteiger partial charge in [-0.2, -0.15) is 15.1 Å². The number of hydrogen-bond acceptors (Lipinski definition) is 8. The highest BCUT2D eigenvalue weighted by Crippen LogP contribution is 2.31. The smallest absolute Gasteiger partial charge is 0.326 e. The Bertz CT molecular complexity index is 1620. The number of halogens is 1. The van der Waals surface area contributed by atoms with Crippen LogP contribution in [0.4, 0.5) is 27.5 Å². The van der Waals surface area contributed by atoms with Crippen molar-refractivity contribution in [2.45, 2.75) is 13.8 Å². The van der Waals surface area contributed by atoms with Gasteiger partial charge in [0.25, 0.3) is 0 Å². The molecule has 1 aliphatic rings. The Balaban J connectivity index is 1.29. The van der Waals surface area contributed by atoms with Crippen LogP contribution in [0.2, 0.25) is 0 Å². The third kappa shape index (κ3) is 5.24. The van der Waals surface area contributed by atoms with Crippen molar-refractivity contribution in [3.63, 3.8) is 0 Å². The monoisotopic (exact) mass is 525 g/mol. The van der Waals surface area contributed by atoms with E-state index in [1.165, 1.54) is 0 Å². The van der Waals surface area contributed by atoms with Crippen LogP contribution in [-0.4, -0.2) is 56.3 Å². The normalized spacial score (nSPS) is 13.9. The van der Waals surface area contributed by atoms with Crippen LogP contribution in [0, 0.1) is 12.7 Å². The highest BCUT2D eigenvalue weighted by atomic mass is 19.1. The number of anilines is 4. The Hall–Kier alpha value is -4.93. The first-order valence-electron chi connectivity index (χ1n) is 12.8. The van der Waals surface area contributed by atoms with Gasteiger partial charge >= 0.3 is 6.01 Å². The van der Waals surface area contributed by atoms with E-state index in [1.54, 1.807) is 24.4 Å². The van der Waals surface area contributed by atoms with E-state index in [9.17, 15) is 0 Å². The number of H-pyrrole nitrogens is 2. The number of aryl methyl sites for hydroxylation is 1. The molecule has 11 heteroatoms. The second kappa shape index (κ2) is 10.4. The number of benzene rings is 1. The minimum Gasteiger partial charge on any atom is -0.421 e. The van der Waals surface area contributed by atoms with Gasteiger partial charge in [0.15, 0.2) is 17.4 Å². The Labute approximate surface area is 224 Å². The molecule has 0 unspecified atom stereocenters. The largest absolute Gasteiger partial charge is 0.421 e. The van der Waals surface area contributed by atoms with E-state index in [1.807, 2.05) is 50.4 Å². The van der Waals surface area contributed by atoms with Crippen molar-refractivity contribution in [2.75, 3.05) is 41.3 Å². The zero-order chi connectivity index (χ0) is 26.8. The van der Waals surface area contributed by atoms with Gasteiger partial charge in [-0.15, -0.1) is 0 Å². The molecule has 6 rings (SSSR count). The van der Waals surface area contributed by atoms with Gasteiger partial charge in [-0.25, -0.2) is 4.39 Å². The molecule has 0 aliphatic carbocycles. The number of pyridine rings is 1. The molecule has 0 spiro atoms. The lowest BCUT2D eigenvalue weighted by Crippen LogP contribution is -2.46. The van der Waals surface area contributed by atoms with Gasteiger partial charge in [-0.1, -0.05) is 6.08 Å². The number of fused-ring (bicyclic) bond motifs is 1. The second-order valence-corrected chi connectivity index (χ2v) is 9.31. The van der Waals surface area contributed by atoms with E-state index in [-0.39, 0.29) is 11.8 Å². The average Bonchev–Trinajstić information content (AvgIpc) is 3.57. The predicted octanol–water partition coefficient (Wildman–Crippen LogP) is 5.42. The maximum Gasteiger partial charge on any atom is 0.326 e. The summed E-state index contributed by atoms with van der Waals surface area (Å²) < 4.78 is 21.2. The van der Waals surface area contributed by atoms with Crippen molar-refractivity contribution in [1.29, 1.82) is 0 Å². The molecule has 0 bridgehead atoms. The quantitative estimate of drug-likeness (QED) is 0.258. The van der Waals surface area contributed by atoms with Gasteiger partial charge in [-0.05, 0) is 50.3 Å². The standard InChI is InChI=1S/C28H28FN9O/c1-3-5-19-15-25(36-35-19)32-24-16-26(38-12-10-37(11-13-38)20-6-4-9-30-17-20)34-28(33-24)39-23-8-7-22-21(27(23)29)14-18(2)31-22/h3-9,14-17,31H,10-13H2,1-2H3,(H2,32,33,34,35,36)/b5-3+. The minimum atomic E-state index is -0.464. The minimum absolute atomic E-state index is 0.0411. The van der Waals surface area contributed by atoms with Crippen LogP contribution in [0.3, 0.4) is 0 Å². The fourth-order valence-corrected chi connectivity index (χ4v) is 4.68. The fraction of sp³-hybridized carbons (Fsp3) is 0.214. The van der Waals surface area contributed by atoms with Gasteiger partial charge in [0, 0.05) is 61.1 Å². The van der Waals surface area contributed by atoms with Crippen LogP contribution in [0.5, 0.6) is 11.8 Å². The van der Waals surface area contributed by atoms with Crippen molar-refractivity contribution in [3.8, 4) is 11.8 Å².